The lowest BCUT2D eigenvalue weighted by Crippen LogP contribution is -2.40. The monoisotopic (exact) mass is 295 g/mol. The summed E-state index contributed by atoms with van der Waals surface area (Å²) in [7, 11) is 0. The van der Waals surface area contributed by atoms with E-state index in [1.54, 1.807) is 19.1 Å². The number of rotatable bonds is 4. The SMILES string of the molecule is CCC(Br)(C(=O)O)C(=O)c1ccccc1C#N. The molecular weight excluding hydrogens is 286 g/mol. The normalized spacial score (nSPS) is 13.5. The van der Waals surface area contributed by atoms with E-state index in [1.807, 2.05) is 6.07 Å². The summed E-state index contributed by atoms with van der Waals surface area (Å²) in [6.45, 7) is 1.59. The number of Topliss-reactive ketones (excluding diaryl/α,β-unsaturated/α-hetero) is 1. The van der Waals surface area contributed by atoms with Gasteiger partial charge >= 0.3 is 5.97 Å². The molecule has 88 valence electrons. The average Bonchev–Trinajstić information content (AvgIpc) is 2.36. The highest BCUT2D eigenvalue weighted by atomic mass is 79.9. The van der Waals surface area contributed by atoms with Crippen LogP contribution in [0.3, 0.4) is 0 Å². The molecule has 0 aliphatic carbocycles. The first-order valence-corrected chi connectivity index (χ1v) is 5.73. The second-order valence-electron chi connectivity index (χ2n) is 3.45. The molecule has 1 aromatic rings. The van der Waals surface area contributed by atoms with Gasteiger partial charge in [-0.2, -0.15) is 5.26 Å². The molecule has 0 aliphatic heterocycles. The Balaban J connectivity index is 3.30. The van der Waals surface area contributed by atoms with Gasteiger partial charge in [-0.05, 0) is 12.5 Å². The first-order chi connectivity index (χ1) is 7.97. The van der Waals surface area contributed by atoms with E-state index in [4.69, 9.17) is 10.4 Å². The number of ketones is 1. The molecule has 0 amide bonds. The number of alkyl halides is 1. The van der Waals surface area contributed by atoms with Gasteiger partial charge in [-0.3, -0.25) is 9.59 Å². The number of carboxylic acids is 1. The number of nitrogens with zero attached hydrogens (tertiary/aromatic N) is 1. The van der Waals surface area contributed by atoms with Crippen LogP contribution >= 0.6 is 15.9 Å². The maximum atomic E-state index is 12.1. The van der Waals surface area contributed by atoms with E-state index in [1.165, 1.54) is 12.1 Å². The van der Waals surface area contributed by atoms with Gasteiger partial charge in [-0.1, -0.05) is 41.1 Å². The van der Waals surface area contributed by atoms with Gasteiger partial charge in [0.05, 0.1) is 11.6 Å². The van der Waals surface area contributed by atoms with Crippen LogP contribution in [0.1, 0.15) is 29.3 Å². The lowest BCUT2D eigenvalue weighted by molar-refractivity contribution is -0.138. The summed E-state index contributed by atoms with van der Waals surface area (Å²) in [6.07, 6.45) is 0.0981. The van der Waals surface area contributed by atoms with Gasteiger partial charge in [-0.25, -0.2) is 0 Å². The van der Waals surface area contributed by atoms with Crippen molar-refractivity contribution >= 4 is 27.7 Å². The molecule has 0 saturated heterocycles. The molecule has 17 heavy (non-hydrogen) atoms. The van der Waals surface area contributed by atoms with Crippen molar-refractivity contribution in [3.63, 3.8) is 0 Å². The Morgan fingerprint density at radius 3 is 2.53 bits per heavy atom. The summed E-state index contributed by atoms with van der Waals surface area (Å²) in [5.74, 6) is -1.86. The number of hydrogen-bond acceptors (Lipinski definition) is 3. The van der Waals surface area contributed by atoms with Crippen molar-refractivity contribution < 1.29 is 14.7 Å². The van der Waals surface area contributed by atoms with Crippen LogP contribution in [0.4, 0.5) is 0 Å². The van der Waals surface area contributed by atoms with Crippen LogP contribution in [0, 0.1) is 11.3 Å². The fourth-order valence-corrected chi connectivity index (χ4v) is 1.61. The molecule has 1 atom stereocenters. The molecule has 0 radical (unpaired) electrons. The van der Waals surface area contributed by atoms with Crippen LogP contribution in [-0.2, 0) is 4.79 Å². The molecule has 0 aromatic heterocycles. The molecule has 0 heterocycles. The van der Waals surface area contributed by atoms with E-state index in [2.05, 4.69) is 15.9 Å². The van der Waals surface area contributed by atoms with Gasteiger partial charge in [-0.15, -0.1) is 0 Å². The summed E-state index contributed by atoms with van der Waals surface area (Å²) in [5.41, 5.74) is 0.298. The predicted molar refractivity (Wildman–Crippen MR) is 65.1 cm³/mol. The molecule has 0 bridgehead atoms. The van der Waals surface area contributed by atoms with Gasteiger partial charge < -0.3 is 5.11 Å². The smallest absolute Gasteiger partial charge is 0.328 e. The van der Waals surface area contributed by atoms with Gasteiger partial charge in [0.1, 0.15) is 0 Å². The van der Waals surface area contributed by atoms with E-state index >= 15 is 0 Å². The molecule has 4 nitrogen and oxygen atoms in total. The third kappa shape index (κ3) is 2.37. The topological polar surface area (TPSA) is 78.2 Å². The minimum absolute atomic E-state index is 0.0981. The third-order valence-electron chi connectivity index (χ3n) is 2.48. The van der Waals surface area contributed by atoms with Gasteiger partial charge in [0.15, 0.2) is 10.1 Å². The number of benzene rings is 1. The van der Waals surface area contributed by atoms with Crippen molar-refractivity contribution in [2.24, 2.45) is 0 Å². The van der Waals surface area contributed by atoms with Crippen LogP contribution in [0.25, 0.3) is 0 Å². The highest BCUT2D eigenvalue weighted by Gasteiger charge is 2.42. The number of carbonyl (C=O) groups is 2. The van der Waals surface area contributed by atoms with Crippen molar-refractivity contribution in [2.45, 2.75) is 17.7 Å². The Kier molecular flexibility index (Phi) is 4.02. The van der Waals surface area contributed by atoms with E-state index in [9.17, 15) is 9.59 Å². The number of carboxylic acid groups (broad SMARTS) is 1. The zero-order valence-corrected chi connectivity index (χ0v) is 10.7. The second-order valence-corrected chi connectivity index (χ2v) is 4.80. The van der Waals surface area contributed by atoms with E-state index in [-0.39, 0.29) is 17.5 Å². The number of nitriles is 1. The van der Waals surface area contributed by atoms with Crippen LogP contribution in [0.5, 0.6) is 0 Å². The molecule has 0 spiro atoms. The number of aliphatic carboxylic acids is 1. The zero-order valence-electron chi connectivity index (χ0n) is 9.11. The fraction of sp³-hybridized carbons (Fsp3) is 0.250. The molecule has 0 aliphatic rings. The Morgan fingerprint density at radius 2 is 2.06 bits per heavy atom. The first kappa shape index (κ1) is 13.4. The standard InChI is InChI=1S/C12H10BrNO3/c1-2-12(13,11(16)17)10(15)9-6-4-3-5-8(9)7-14/h3-6H,2H2,1H3,(H,16,17). The number of carbonyl (C=O) groups excluding carboxylic acids is 1. The van der Waals surface area contributed by atoms with Crippen molar-refractivity contribution in [3.8, 4) is 6.07 Å². The van der Waals surface area contributed by atoms with Gasteiger partial charge in [0.2, 0.25) is 0 Å². The summed E-state index contributed by atoms with van der Waals surface area (Å²) in [4.78, 5) is 23.3. The van der Waals surface area contributed by atoms with Crippen LogP contribution in [0.15, 0.2) is 24.3 Å². The highest BCUT2D eigenvalue weighted by Crippen LogP contribution is 2.28. The predicted octanol–water partition coefficient (Wildman–Crippen LogP) is 2.37. The second kappa shape index (κ2) is 5.11. The van der Waals surface area contributed by atoms with Gasteiger partial charge in [0.25, 0.3) is 0 Å². The van der Waals surface area contributed by atoms with Crippen LogP contribution < -0.4 is 0 Å². The maximum absolute atomic E-state index is 12.1. The Morgan fingerprint density at radius 1 is 1.47 bits per heavy atom. The largest absolute Gasteiger partial charge is 0.480 e. The van der Waals surface area contributed by atoms with Crippen molar-refractivity contribution in [2.75, 3.05) is 0 Å². The third-order valence-corrected chi connectivity index (χ3v) is 3.74. The number of hydrogen-bond donors (Lipinski definition) is 1. The van der Waals surface area contributed by atoms with E-state index < -0.39 is 16.1 Å². The molecular formula is C12H10BrNO3. The summed E-state index contributed by atoms with van der Waals surface area (Å²) in [5, 5.41) is 18.0. The quantitative estimate of drug-likeness (QED) is 0.525. The Bertz CT molecular complexity index is 507. The summed E-state index contributed by atoms with van der Waals surface area (Å²) >= 11 is 2.96. The van der Waals surface area contributed by atoms with E-state index in [0.717, 1.165) is 0 Å². The number of halogens is 1. The minimum Gasteiger partial charge on any atom is -0.480 e. The molecule has 1 rings (SSSR count). The minimum atomic E-state index is -1.67. The Labute approximate surface area is 107 Å². The molecule has 0 saturated carbocycles. The lowest BCUT2D eigenvalue weighted by atomic mass is 9.92. The molecule has 1 N–H and O–H groups in total. The van der Waals surface area contributed by atoms with Crippen LogP contribution in [0.2, 0.25) is 0 Å². The Hall–Kier alpha value is -1.67. The zero-order chi connectivity index (χ0) is 13.1. The van der Waals surface area contributed by atoms with Crippen molar-refractivity contribution in [3.05, 3.63) is 35.4 Å². The van der Waals surface area contributed by atoms with Gasteiger partial charge in [0, 0.05) is 5.56 Å². The maximum Gasteiger partial charge on any atom is 0.328 e. The lowest BCUT2D eigenvalue weighted by Gasteiger charge is -2.19. The molecule has 0 fully saturated rings. The summed E-state index contributed by atoms with van der Waals surface area (Å²) < 4.78 is -1.67. The van der Waals surface area contributed by atoms with E-state index in [0.29, 0.717) is 0 Å². The summed E-state index contributed by atoms with van der Waals surface area (Å²) in [6, 6.07) is 8.03. The first-order valence-electron chi connectivity index (χ1n) is 4.93. The molecule has 1 aromatic carbocycles. The van der Waals surface area contributed by atoms with Crippen molar-refractivity contribution in [1.29, 1.82) is 5.26 Å². The average molecular weight is 296 g/mol. The molecule has 1 unspecified atom stereocenters. The van der Waals surface area contributed by atoms with Crippen LogP contribution in [-0.4, -0.2) is 21.2 Å². The van der Waals surface area contributed by atoms with Crippen molar-refractivity contribution in [1.82, 2.24) is 0 Å². The highest BCUT2D eigenvalue weighted by molar-refractivity contribution is 9.10. The molecule has 5 heteroatoms. The fourth-order valence-electron chi connectivity index (χ4n) is 1.40.